The van der Waals surface area contributed by atoms with Gasteiger partial charge in [0, 0.05) is 0 Å². The molecule has 6 nitrogen and oxygen atoms in total. The molecule has 0 saturated carbocycles. The second-order valence-electron chi connectivity index (χ2n) is 3.45. The van der Waals surface area contributed by atoms with E-state index in [2.05, 4.69) is 4.18 Å². The number of nitrogens with two attached hydrogens (primary N) is 1. The van der Waals surface area contributed by atoms with E-state index in [4.69, 9.17) is 14.6 Å². The van der Waals surface area contributed by atoms with E-state index in [9.17, 15) is 8.42 Å². The Balaban J connectivity index is 2.43. The third-order valence-electron chi connectivity index (χ3n) is 2.41. The van der Waals surface area contributed by atoms with Crippen molar-refractivity contribution in [3.63, 3.8) is 0 Å². The van der Waals surface area contributed by atoms with Crippen LogP contribution in [-0.4, -0.2) is 33.5 Å². The normalized spacial score (nSPS) is 25.7. The lowest BCUT2D eigenvalue weighted by atomic mass is 10.1. The van der Waals surface area contributed by atoms with Crippen molar-refractivity contribution in [3.8, 4) is 0 Å². The van der Waals surface area contributed by atoms with Gasteiger partial charge in [-0.3, -0.25) is 4.18 Å². The van der Waals surface area contributed by atoms with Crippen LogP contribution in [0.25, 0.3) is 0 Å². The van der Waals surface area contributed by atoms with Crippen molar-refractivity contribution in [3.05, 3.63) is 0 Å². The van der Waals surface area contributed by atoms with Gasteiger partial charge in [-0.25, -0.2) is 5.14 Å². The van der Waals surface area contributed by atoms with Gasteiger partial charge in [0.25, 0.3) is 0 Å². The van der Waals surface area contributed by atoms with Crippen LogP contribution in [-0.2, 0) is 24.0 Å². The lowest BCUT2D eigenvalue weighted by Crippen LogP contribution is -2.31. The lowest BCUT2D eigenvalue weighted by Gasteiger charge is -2.24. The van der Waals surface area contributed by atoms with Crippen molar-refractivity contribution in [1.29, 1.82) is 0 Å². The van der Waals surface area contributed by atoms with E-state index in [1.165, 1.54) is 0 Å². The Labute approximate surface area is 89.9 Å². The number of ether oxygens (including phenoxy) is 2. The maximum atomic E-state index is 10.5. The van der Waals surface area contributed by atoms with Gasteiger partial charge in [-0.05, 0) is 12.8 Å². The van der Waals surface area contributed by atoms with Crippen LogP contribution in [0.1, 0.15) is 26.7 Å². The van der Waals surface area contributed by atoms with E-state index >= 15 is 0 Å². The van der Waals surface area contributed by atoms with Crippen molar-refractivity contribution < 1.29 is 22.1 Å². The van der Waals surface area contributed by atoms with E-state index < -0.39 is 16.1 Å². The molecule has 0 aromatic heterocycles. The van der Waals surface area contributed by atoms with Gasteiger partial charge in [-0.15, -0.1) is 0 Å². The molecule has 0 unspecified atom stereocenters. The smallest absolute Gasteiger partial charge is 0.333 e. The second kappa shape index (κ2) is 4.75. The Morgan fingerprint density at radius 1 is 1.47 bits per heavy atom. The fraction of sp³-hybridized carbons (Fsp3) is 1.00. The van der Waals surface area contributed by atoms with Gasteiger partial charge < -0.3 is 9.47 Å². The Hall–Kier alpha value is -0.210. The second-order valence-corrected chi connectivity index (χ2v) is 4.67. The average molecular weight is 239 g/mol. The molecule has 1 aliphatic rings. The first kappa shape index (κ1) is 12.9. The van der Waals surface area contributed by atoms with Gasteiger partial charge >= 0.3 is 10.3 Å². The van der Waals surface area contributed by atoms with Crippen molar-refractivity contribution in [2.45, 2.75) is 38.6 Å². The maximum Gasteiger partial charge on any atom is 0.333 e. The third kappa shape index (κ3) is 3.69. The molecule has 0 amide bonds. The van der Waals surface area contributed by atoms with E-state index in [1.807, 2.05) is 13.8 Å². The van der Waals surface area contributed by atoms with Crippen LogP contribution in [0.4, 0.5) is 0 Å². The van der Waals surface area contributed by atoms with Crippen LogP contribution >= 0.6 is 0 Å². The van der Waals surface area contributed by atoms with E-state index in [0.29, 0.717) is 6.61 Å². The molecule has 90 valence electrons. The van der Waals surface area contributed by atoms with Crippen molar-refractivity contribution in [2.75, 3.05) is 13.2 Å². The Morgan fingerprint density at radius 3 is 2.47 bits per heavy atom. The molecule has 7 heteroatoms. The summed E-state index contributed by atoms with van der Waals surface area (Å²) in [4.78, 5) is 0. The molecule has 1 saturated heterocycles. The molecule has 0 spiro atoms. The summed E-state index contributed by atoms with van der Waals surface area (Å²) in [6.45, 7) is 4.14. The highest BCUT2D eigenvalue weighted by atomic mass is 32.2. The van der Waals surface area contributed by atoms with E-state index in [0.717, 1.165) is 12.8 Å². The van der Waals surface area contributed by atoms with Gasteiger partial charge in [0.1, 0.15) is 6.10 Å². The third-order valence-corrected chi connectivity index (χ3v) is 2.87. The van der Waals surface area contributed by atoms with Crippen molar-refractivity contribution in [2.24, 2.45) is 5.14 Å². The minimum Gasteiger partial charge on any atom is -0.347 e. The molecule has 1 rings (SSSR count). The molecule has 0 bridgehead atoms. The fourth-order valence-electron chi connectivity index (χ4n) is 1.49. The van der Waals surface area contributed by atoms with Crippen LogP contribution in [0, 0.1) is 0 Å². The summed E-state index contributed by atoms with van der Waals surface area (Å²) in [7, 11) is -3.90. The fourth-order valence-corrected chi connectivity index (χ4v) is 1.83. The highest BCUT2D eigenvalue weighted by Gasteiger charge is 2.38. The summed E-state index contributed by atoms with van der Waals surface area (Å²) in [5.41, 5.74) is 0. The first-order valence-corrected chi connectivity index (χ1v) is 6.37. The minimum atomic E-state index is -3.90. The minimum absolute atomic E-state index is 0.0966. The summed E-state index contributed by atoms with van der Waals surface area (Å²) in [5.74, 6) is -0.591. The van der Waals surface area contributed by atoms with Crippen LogP contribution in [0.2, 0.25) is 0 Å². The molecule has 0 aromatic rings. The predicted molar refractivity (Wildman–Crippen MR) is 53.2 cm³/mol. The zero-order valence-electron chi connectivity index (χ0n) is 8.93. The molecule has 1 aliphatic heterocycles. The molecule has 1 fully saturated rings. The largest absolute Gasteiger partial charge is 0.347 e. The summed E-state index contributed by atoms with van der Waals surface area (Å²) in [6, 6.07) is 0. The molecule has 1 atom stereocenters. The van der Waals surface area contributed by atoms with Gasteiger partial charge in [0.05, 0.1) is 13.2 Å². The van der Waals surface area contributed by atoms with Crippen LogP contribution < -0.4 is 5.14 Å². The molecular formula is C8H17NO5S. The standard InChI is InChI=1S/C8H17NO5S/c1-3-8(4-2)12-5-7(14-8)6-13-15(9,10)11/h7H,3-6H2,1-2H3,(H2,9,10,11)/t7-/m0/s1. The Bertz CT molecular complexity index is 298. The van der Waals surface area contributed by atoms with Crippen molar-refractivity contribution in [1.82, 2.24) is 0 Å². The molecule has 1 heterocycles. The first-order valence-electron chi connectivity index (χ1n) is 4.89. The van der Waals surface area contributed by atoms with Crippen LogP contribution in [0.5, 0.6) is 0 Å². The molecule has 0 aromatic carbocycles. The van der Waals surface area contributed by atoms with Gasteiger partial charge in [-0.1, -0.05) is 13.8 Å². The molecule has 0 aliphatic carbocycles. The van der Waals surface area contributed by atoms with Crippen molar-refractivity contribution >= 4 is 10.3 Å². The van der Waals surface area contributed by atoms with Gasteiger partial charge in [-0.2, -0.15) is 8.42 Å². The first-order chi connectivity index (χ1) is 6.91. The average Bonchev–Trinajstić information content (AvgIpc) is 2.58. The highest BCUT2D eigenvalue weighted by molar-refractivity contribution is 7.84. The summed E-state index contributed by atoms with van der Waals surface area (Å²) >= 11 is 0. The van der Waals surface area contributed by atoms with Gasteiger partial charge in [0.2, 0.25) is 0 Å². The van der Waals surface area contributed by atoms with E-state index in [-0.39, 0.29) is 12.7 Å². The van der Waals surface area contributed by atoms with Crippen LogP contribution in [0.15, 0.2) is 0 Å². The monoisotopic (exact) mass is 239 g/mol. The highest BCUT2D eigenvalue weighted by Crippen LogP contribution is 2.30. The Morgan fingerprint density at radius 2 is 2.07 bits per heavy atom. The zero-order chi connectivity index (χ0) is 11.5. The SMILES string of the molecule is CCC1(CC)OC[C@@H](COS(N)(=O)=O)O1. The molecule has 2 N–H and O–H groups in total. The number of rotatable bonds is 5. The van der Waals surface area contributed by atoms with E-state index in [1.54, 1.807) is 0 Å². The molecule has 15 heavy (non-hydrogen) atoms. The maximum absolute atomic E-state index is 10.5. The number of hydrogen-bond acceptors (Lipinski definition) is 5. The Kier molecular flexibility index (Phi) is 4.07. The summed E-state index contributed by atoms with van der Waals surface area (Å²) < 4.78 is 36.6. The lowest BCUT2D eigenvalue weighted by molar-refractivity contribution is -0.174. The summed E-state index contributed by atoms with van der Waals surface area (Å²) in [6.07, 6.45) is 1.06. The number of hydrogen-bond donors (Lipinski definition) is 1. The zero-order valence-corrected chi connectivity index (χ0v) is 9.75. The molecular weight excluding hydrogens is 222 g/mol. The van der Waals surface area contributed by atoms with Gasteiger partial charge in [0.15, 0.2) is 5.79 Å². The topological polar surface area (TPSA) is 87.9 Å². The quantitative estimate of drug-likeness (QED) is 0.737. The summed E-state index contributed by atoms with van der Waals surface area (Å²) in [5, 5.41) is 4.70. The molecule has 0 radical (unpaired) electrons. The van der Waals surface area contributed by atoms with Crippen LogP contribution in [0.3, 0.4) is 0 Å². The predicted octanol–water partition coefficient (Wildman–Crippen LogP) is 0.138.